The molecule has 1 aliphatic heterocycles. The number of carbonyl (C=O) groups is 2. The SMILES string of the molecule is CCOC(=O)N1C[C@@H](Cc2ccc(OCc3noc(-c4ccccc4)n3)cc2)[C@H](C(=O)O)C1. The van der Waals surface area contributed by atoms with Gasteiger partial charge in [-0.3, -0.25) is 4.79 Å². The normalized spacial score (nSPS) is 17.7. The van der Waals surface area contributed by atoms with Crippen LogP contribution in [0.2, 0.25) is 0 Å². The summed E-state index contributed by atoms with van der Waals surface area (Å²) in [7, 11) is 0. The Balaban J connectivity index is 1.33. The van der Waals surface area contributed by atoms with Crippen molar-refractivity contribution in [3.8, 4) is 17.2 Å². The first-order valence-corrected chi connectivity index (χ1v) is 10.8. The van der Waals surface area contributed by atoms with Gasteiger partial charge in [0.1, 0.15) is 5.75 Å². The molecule has 1 saturated heterocycles. The third kappa shape index (κ3) is 5.49. The first-order chi connectivity index (χ1) is 16.0. The fourth-order valence-electron chi connectivity index (χ4n) is 3.90. The van der Waals surface area contributed by atoms with Crippen LogP contribution in [0, 0.1) is 11.8 Å². The van der Waals surface area contributed by atoms with Gasteiger partial charge in [-0.05, 0) is 49.1 Å². The van der Waals surface area contributed by atoms with Crippen LogP contribution < -0.4 is 4.74 Å². The number of benzene rings is 2. The van der Waals surface area contributed by atoms with Crippen molar-refractivity contribution in [3.63, 3.8) is 0 Å². The molecule has 0 spiro atoms. The molecule has 0 bridgehead atoms. The summed E-state index contributed by atoms with van der Waals surface area (Å²) in [5.74, 6) is -0.198. The van der Waals surface area contributed by atoms with Crippen LogP contribution >= 0.6 is 0 Å². The van der Waals surface area contributed by atoms with E-state index in [-0.39, 0.29) is 25.7 Å². The zero-order valence-electron chi connectivity index (χ0n) is 18.2. The Hall–Kier alpha value is -3.88. The highest BCUT2D eigenvalue weighted by atomic mass is 16.6. The standard InChI is InChI=1S/C24H25N3O6/c1-2-31-24(30)27-13-18(20(14-27)23(28)29)12-16-8-10-19(11-9-16)32-15-21-25-22(33-26-21)17-6-4-3-5-7-17/h3-11,18,20H,2,12-15H2,1H3,(H,28,29)/t18-,20-/m1/s1. The maximum atomic E-state index is 12.0. The van der Waals surface area contributed by atoms with Crippen molar-refractivity contribution in [2.75, 3.05) is 19.7 Å². The molecule has 172 valence electrons. The molecule has 1 fully saturated rings. The molecular formula is C24H25N3O6. The van der Waals surface area contributed by atoms with Gasteiger partial charge in [0.25, 0.3) is 5.89 Å². The van der Waals surface area contributed by atoms with Gasteiger partial charge in [0.2, 0.25) is 5.82 Å². The lowest BCUT2D eigenvalue weighted by molar-refractivity contribution is -0.142. The van der Waals surface area contributed by atoms with Gasteiger partial charge in [0.05, 0.1) is 12.5 Å². The molecule has 0 saturated carbocycles. The molecule has 1 amide bonds. The van der Waals surface area contributed by atoms with Gasteiger partial charge < -0.3 is 24.0 Å². The van der Waals surface area contributed by atoms with E-state index < -0.39 is 18.0 Å². The van der Waals surface area contributed by atoms with E-state index in [9.17, 15) is 14.7 Å². The van der Waals surface area contributed by atoms with Crippen molar-refractivity contribution in [3.05, 3.63) is 66.0 Å². The van der Waals surface area contributed by atoms with Gasteiger partial charge in [-0.2, -0.15) is 4.98 Å². The summed E-state index contributed by atoms with van der Waals surface area (Å²) in [4.78, 5) is 29.5. The Bertz CT molecular complexity index is 1080. The second-order valence-electron chi connectivity index (χ2n) is 7.83. The van der Waals surface area contributed by atoms with Gasteiger partial charge in [0, 0.05) is 18.7 Å². The van der Waals surface area contributed by atoms with Gasteiger partial charge in [-0.1, -0.05) is 35.5 Å². The topological polar surface area (TPSA) is 115 Å². The lowest BCUT2D eigenvalue weighted by Gasteiger charge is -2.15. The van der Waals surface area contributed by atoms with Crippen LogP contribution in [0.5, 0.6) is 5.75 Å². The van der Waals surface area contributed by atoms with Crippen LogP contribution in [0.1, 0.15) is 18.3 Å². The number of ether oxygens (including phenoxy) is 2. The highest BCUT2D eigenvalue weighted by Crippen LogP contribution is 2.28. The summed E-state index contributed by atoms with van der Waals surface area (Å²) >= 11 is 0. The molecule has 0 radical (unpaired) electrons. The second kappa shape index (κ2) is 10.2. The molecule has 4 rings (SSSR count). The van der Waals surface area contributed by atoms with E-state index >= 15 is 0 Å². The van der Waals surface area contributed by atoms with Crippen LogP contribution in [0.15, 0.2) is 59.1 Å². The molecule has 1 N–H and O–H groups in total. The number of rotatable bonds is 8. The lowest BCUT2D eigenvalue weighted by Crippen LogP contribution is -2.30. The molecule has 3 aromatic rings. The first kappa shape index (κ1) is 22.3. The maximum Gasteiger partial charge on any atom is 0.409 e. The highest BCUT2D eigenvalue weighted by Gasteiger charge is 2.40. The monoisotopic (exact) mass is 451 g/mol. The Labute approximate surface area is 190 Å². The number of carboxylic acids is 1. The number of aliphatic carboxylic acids is 1. The smallest absolute Gasteiger partial charge is 0.409 e. The highest BCUT2D eigenvalue weighted by molar-refractivity contribution is 5.74. The van der Waals surface area contributed by atoms with Crippen LogP contribution in [0.3, 0.4) is 0 Å². The Morgan fingerprint density at radius 1 is 1.12 bits per heavy atom. The van der Waals surface area contributed by atoms with Crippen molar-refractivity contribution in [1.82, 2.24) is 15.0 Å². The summed E-state index contributed by atoms with van der Waals surface area (Å²) < 4.78 is 16.0. The molecule has 0 aliphatic carbocycles. The van der Waals surface area contributed by atoms with Crippen LogP contribution in [-0.2, 0) is 22.6 Å². The fraction of sp³-hybridized carbons (Fsp3) is 0.333. The lowest BCUT2D eigenvalue weighted by atomic mass is 9.90. The van der Waals surface area contributed by atoms with E-state index in [1.54, 1.807) is 6.92 Å². The van der Waals surface area contributed by atoms with Gasteiger partial charge in [-0.15, -0.1) is 0 Å². The molecular weight excluding hydrogens is 426 g/mol. The summed E-state index contributed by atoms with van der Waals surface area (Å²) in [5.41, 5.74) is 1.81. The van der Waals surface area contributed by atoms with Gasteiger partial charge in [-0.25, -0.2) is 4.79 Å². The van der Waals surface area contributed by atoms with Crippen LogP contribution in [0.4, 0.5) is 4.79 Å². The zero-order chi connectivity index (χ0) is 23.2. The summed E-state index contributed by atoms with van der Waals surface area (Å²) in [6, 6.07) is 16.9. The Morgan fingerprint density at radius 2 is 1.88 bits per heavy atom. The maximum absolute atomic E-state index is 12.0. The van der Waals surface area contributed by atoms with Crippen molar-refractivity contribution < 1.29 is 28.7 Å². The van der Waals surface area contributed by atoms with Crippen molar-refractivity contribution in [1.29, 1.82) is 0 Å². The number of hydrogen-bond donors (Lipinski definition) is 1. The number of aromatic nitrogens is 2. The average Bonchev–Trinajstić information content (AvgIpc) is 3.47. The van der Waals surface area contributed by atoms with Crippen LogP contribution in [0.25, 0.3) is 11.5 Å². The summed E-state index contributed by atoms with van der Waals surface area (Å²) in [6.07, 6.45) is 0.0743. The zero-order valence-corrected chi connectivity index (χ0v) is 18.2. The minimum Gasteiger partial charge on any atom is -0.485 e. The molecule has 9 heteroatoms. The molecule has 0 unspecified atom stereocenters. The van der Waals surface area contributed by atoms with E-state index in [4.69, 9.17) is 14.0 Å². The molecule has 1 aliphatic rings. The fourth-order valence-corrected chi connectivity index (χ4v) is 3.90. The molecule has 2 heterocycles. The number of nitrogens with zero attached hydrogens (tertiary/aromatic N) is 3. The van der Waals surface area contributed by atoms with Crippen molar-refractivity contribution >= 4 is 12.1 Å². The molecule has 1 aromatic heterocycles. The number of carbonyl (C=O) groups excluding carboxylic acids is 1. The van der Waals surface area contributed by atoms with E-state index in [0.717, 1.165) is 11.1 Å². The largest absolute Gasteiger partial charge is 0.485 e. The predicted octanol–water partition coefficient (Wildman–Crippen LogP) is 3.65. The molecule has 2 atom stereocenters. The minimum atomic E-state index is -0.901. The van der Waals surface area contributed by atoms with E-state index in [0.29, 0.717) is 30.4 Å². The number of carboxylic acid groups (broad SMARTS) is 1. The van der Waals surface area contributed by atoms with Gasteiger partial charge in [0.15, 0.2) is 6.61 Å². The van der Waals surface area contributed by atoms with Gasteiger partial charge >= 0.3 is 12.1 Å². The third-order valence-electron chi connectivity index (χ3n) is 5.56. The second-order valence-corrected chi connectivity index (χ2v) is 7.83. The molecule has 2 aromatic carbocycles. The summed E-state index contributed by atoms with van der Waals surface area (Å²) in [6.45, 7) is 2.67. The number of hydrogen-bond acceptors (Lipinski definition) is 7. The van der Waals surface area contributed by atoms with Crippen molar-refractivity contribution in [2.45, 2.75) is 20.0 Å². The Morgan fingerprint density at radius 3 is 2.58 bits per heavy atom. The van der Waals surface area contributed by atoms with E-state index in [2.05, 4.69) is 10.1 Å². The van der Waals surface area contributed by atoms with Crippen molar-refractivity contribution in [2.24, 2.45) is 11.8 Å². The van der Waals surface area contributed by atoms with Crippen LogP contribution in [-0.4, -0.2) is 51.9 Å². The Kier molecular flexibility index (Phi) is 6.87. The number of likely N-dealkylation sites (tertiary alicyclic amines) is 1. The quantitative estimate of drug-likeness (QED) is 0.552. The minimum absolute atomic E-state index is 0.161. The predicted molar refractivity (Wildman–Crippen MR) is 117 cm³/mol. The summed E-state index contributed by atoms with van der Waals surface area (Å²) in [5, 5.41) is 13.5. The van der Waals surface area contributed by atoms with E-state index in [1.165, 1.54) is 4.90 Å². The molecule has 9 nitrogen and oxygen atoms in total. The van der Waals surface area contributed by atoms with E-state index in [1.807, 2.05) is 54.6 Å². The number of amides is 1. The first-order valence-electron chi connectivity index (χ1n) is 10.8. The average molecular weight is 451 g/mol. The third-order valence-corrected chi connectivity index (χ3v) is 5.56. The molecule has 33 heavy (non-hydrogen) atoms.